The number of ether oxygens (including phenoxy) is 2. The lowest BCUT2D eigenvalue weighted by Crippen LogP contribution is -2.57. The Hall–Kier alpha value is -5.10. The van der Waals surface area contributed by atoms with Crippen molar-refractivity contribution in [2.75, 3.05) is 6.61 Å². The van der Waals surface area contributed by atoms with Gasteiger partial charge in [-0.25, -0.2) is 0 Å². The molecule has 0 bridgehead atoms. The molecule has 2 aliphatic carbocycles. The molecule has 1 saturated heterocycles. The number of benzene rings is 6. The topological polar surface area (TPSA) is 36.9 Å². The van der Waals surface area contributed by atoms with Gasteiger partial charge in [0, 0.05) is 39.8 Å². The molecular formula is C54H58O4Si. The molecule has 1 heterocycles. The van der Waals surface area contributed by atoms with E-state index in [1.54, 1.807) is 0 Å². The highest BCUT2D eigenvalue weighted by atomic mass is 28.4. The first-order valence-electron chi connectivity index (χ1n) is 22.4. The summed E-state index contributed by atoms with van der Waals surface area (Å²) in [6.45, 7) is 2.98. The average molecular weight is 799 g/mol. The molecule has 4 nitrogen and oxygen atoms in total. The summed E-state index contributed by atoms with van der Waals surface area (Å²) < 4.78 is 29.2. The normalized spacial score (nSPS) is 17.9. The van der Waals surface area contributed by atoms with Gasteiger partial charge in [-0.2, -0.15) is 0 Å². The lowest BCUT2D eigenvalue weighted by Gasteiger charge is -2.45. The van der Waals surface area contributed by atoms with Crippen LogP contribution in [0.15, 0.2) is 146 Å². The van der Waals surface area contributed by atoms with Crippen LogP contribution in [0.1, 0.15) is 89.0 Å². The fourth-order valence-corrected chi connectivity index (χ4v) is 15.0. The molecule has 3 fully saturated rings. The van der Waals surface area contributed by atoms with Crippen LogP contribution in [0.4, 0.5) is 0 Å². The van der Waals surface area contributed by atoms with Crippen LogP contribution in [0, 0.1) is 6.92 Å². The molecule has 2 saturated carbocycles. The van der Waals surface area contributed by atoms with Crippen LogP contribution >= 0.6 is 0 Å². The van der Waals surface area contributed by atoms with E-state index in [-0.39, 0.29) is 6.29 Å². The quantitative estimate of drug-likeness (QED) is 0.116. The van der Waals surface area contributed by atoms with Crippen LogP contribution in [0.5, 0.6) is 17.2 Å². The molecule has 0 spiro atoms. The van der Waals surface area contributed by atoms with Crippen molar-refractivity contribution in [3.8, 4) is 61.8 Å². The van der Waals surface area contributed by atoms with Gasteiger partial charge in [0.25, 0.3) is 0 Å². The summed E-state index contributed by atoms with van der Waals surface area (Å²) >= 11 is 0. The summed E-state index contributed by atoms with van der Waals surface area (Å²) in [5, 5.41) is 0. The maximum Gasteiger partial charge on any atom is 0.466 e. The number of hydrogen-bond acceptors (Lipinski definition) is 4. The van der Waals surface area contributed by atoms with Gasteiger partial charge in [-0.3, -0.25) is 0 Å². The first-order chi connectivity index (χ1) is 29.2. The van der Waals surface area contributed by atoms with Crippen LogP contribution < -0.4 is 13.6 Å². The molecule has 9 rings (SSSR count). The summed E-state index contributed by atoms with van der Waals surface area (Å²) in [5.74, 6) is 2.70. The third-order valence-electron chi connectivity index (χ3n) is 13.1. The minimum Gasteiger partial charge on any atom is -0.511 e. The van der Waals surface area contributed by atoms with Gasteiger partial charge in [-0.15, -0.1) is 0 Å². The zero-order valence-corrected chi connectivity index (χ0v) is 35.6. The summed E-state index contributed by atoms with van der Waals surface area (Å²) in [6.07, 6.45) is 14.8. The van der Waals surface area contributed by atoms with Gasteiger partial charge >= 0.3 is 8.56 Å². The van der Waals surface area contributed by atoms with Crippen LogP contribution in [0.25, 0.3) is 44.5 Å². The van der Waals surface area contributed by atoms with Gasteiger partial charge in [0.2, 0.25) is 0 Å². The molecule has 0 amide bonds. The second kappa shape index (κ2) is 18.4. The van der Waals surface area contributed by atoms with Gasteiger partial charge in [-0.1, -0.05) is 172 Å². The van der Waals surface area contributed by atoms with Gasteiger partial charge in [0.1, 0.15) is 17.2 Å². The Balaban J connectivity index is 1.18. The summed E-state index contributed by atoms with van der Waals surface area (Å²) in [6, 6.07) is 52.1. The molecule has 302 valence electrons. The first kappa shape index (κ1) is 39.4. The van der Waals surface area contributed by atoms with E-state index in [0.29, 0.717) is 11.1 Å². The molecule has 6 aromatic carbocycles. The predicted molar refractivity (Wildman–Crippen MR) is 244 cm³/mol. The summed E-state index contributed by atoms with van der Waals surface area (Å²) in [5.41, 5.74) is 11.1. The van der Waals surface area contributed by atoms with E-state index in [2.05, 4.69) is 153 Å². The van der Waals surface area contributed by atoms with Crippen LogP contribution in [0.3, 0.4) is 0 Å². The highest BCUT2D eigenvalue weighted by molar-refractivity contribution is 6.72. The molecule has 0 aromatic heterocycles. The summed E-state index contributed by atoms with van der Waals surface area (Å²) in [7, 11) is -3.10. The van der Waals surface area contributed by atoms with Gasteiger partial charge < -0.3 is 18.3 Å². The summed E-state index contributed by atoms with van der Waals surface area (Å²) in [4.78, 5) is 0. The molecule has 0 radical (unpaired) electrons. The Morgan fingerprint density at radius 3 is 1.46 bits per heavy atom. The Labute approximate surface area is 352 Å². The SMILES string of the molecule is Cc1c(-c2ccccc2)cccc1-c1ccccc1O[Si](Oc1ccccc1-c1cccc(-c2ccccc2)c1OC1CCCCO1)(C1CCCCC1)C1CCCCC1. The van der Waals surface area contributed by atoms with Crippen molar-refractivity contribution < 1.29 is 18.3 Å². The van der Waals surface area contributed by atoms with E-state index in [1.165, 1.54) is 60.8 Å². The molecule has 3 aliphatic rings. The first-order valence-corrected chi connectivity index (χ1v) is 24.3. The molecule has 5 heteroatoms. The second-order valence-corrected chi connectivity index (χ2v) is 20.4. The van der Waals surface area contributed by atoms with Crippen molar-refractivity contribution in [2.45, 2.75) is 108 Å². The molecule has 1 unspecified atom stereocenters. The third kappa shape index (κ3) is 8.51. The van der Waals surface area contributed by atoms with Crippen LogP contribution in [-0.4, -0.2) is 21.5 Å². The van der Waals surface area contributed by atoms with E-state index in [4.69, 9.17) is 18.3 Å². The van der Waals surface area contributed by atoms with Gasteiger partial charge in [-0.05, 0) is 85.4 Å². The molecule has 1 atom stereocenters. The molecule has 1 aliphatic heterocycles. The van der Waals surface area contributed by atoms with Crippen molar-refractivity contribution in [1.29, 1.82) is 0 Å². The lowest BCUT2D eigenvalue weighted by atomic mass is 9.92. The smallest absolute Gasteiger partial charge is 0.466 e. The Morgan fingerprint density at radius 2 is 0.881 bits per heavy atom. The zero-order chi connectivity index (χ0) is 39.9. The van der Waals surface area contributed by atoms with Crippen molar-refractivity contribution in [1.82, 2.24) is 0 Å². The Morgan fingerprint density at radius 1 is 0.424 bits per heavy atom. The zero-order valence-electron chi connectivity index (χ0n) is 34.6. The van der Waals surface area contributed by atoms with E-state index in [9.17, 15) is 0 Å². The van der Waals surface area contributed by atoms with Crippen molar-refractivity contribution in [3.63, 3.8) is 0 Å². The fourth-order valence-electron chi connectivity index (χ4n) is 10.1. The Bertz CT molecular complexity index is 2270. The van der Waals surface area contributed by atoms with Crippen LogP contribution in [-0.2, 0) is 4.74 Å². The van der Waals surface area contributed by atoms with E-state index in [1.807, 2.05) is 0 Å². The largest absolute Gasteiger partial charge is 0.511 e. The maximum absolute atomic E-state index is 8.01. The highest BCUT2D eigenvalue weighted by Gasteiger charge is 2.57. The number of para-hydroxylation sites is 3. The molecular weight excluding hydrogens is 741 g/mol. The lowest BCUT2D eigenvalue weighted by molar-refractivity contribution is -0.105. The third-order valence-corrected chi connectivity index (χ3v) is 17.7. The van der Waals surface area contributed by atoms with Gasteiger partial charge in [0.05, 0.1) is 6.61 Å². The second-order valence-electron chi connectivity index (χ2n) is 16.9. The van der Waals surface area contributed by atoms with E-state index in [0.717, 1.165) is 96.6 Å². The Kier molecular flexibility index (Phi) is 12.3. The van der Waals surface area contributed by atoms with Gasteiger partial charge in [0.15, 0.2) is 6.29 Å². The molecule has 0 N–H and O–H groups in total. The van der Waals surface area contributed by atoms with Crippen molar-refractivity contribution >= 4 is 8.56 Å². The maximum atomic E-state index is 8.01. The predicted octanol–water partition coefficient (Wildman–Crippen LogP) is 15.1. The minimum atomic E-state index is -3.10. The fraction of sp³-hybridized carbons (Fsp3) is 0.333. The number of hydrogen-bond donors (Lipinski definition) is 0. The number of rotatable bonds is 12. The standard InChI is InChI=1S/C54H58O4Si/c1-40-45(41-22-6-2-7-23-41)32-20-33-46(40)48-30-14-16-36-51(48)57-59(43-26-10-4-11-27-43,44-28-12-5-13-29-44)58-52-37-17-15-31-49(52)50-35-21-34-47(42-24-8-3-9-25-42)54(50)56-53-38-18-19-39-55-53/h2-3,6-9,14-17,20-25,30-37,43-44,53H,4-5,10-13,18-19,26-29,38-39H2,1H3. The van der Waals surface area contributed by atoms with Crippen molar-refractivity contribution in [3.05, 3.63) is 151 Å². The van der Waals surface area contributed by atoms with E-state index >= 15 is 0 Å². The molecule has 59 heavy (non-hydrogen) atoms. The van der Waals surface area contributed by atoms with E-state index < -0.39 is 8.56 Å². The van der Waals surface area contributed by atoms with Crippen molar-refractivity contribution in [2.24, 2.45) is 0 Å². The minimum absolute atomic E-state index is 0.290. The monoisotopic (exact) mass is 798 g/mol. The molecule has 6 aromatic rings. The van der Waals surface area contributed by atoms with Crippen LogP contribution in [0.2, 0.25) is 11.1 Å². The highest BCUT2D eigenvalue weighted by Crippen LogP contribution is 2.53. The average Bonchev–Trinajstić information content (AvgIpc) is 3.31.